The molecule has 0 aliphatic heterocycles. The zero-order valence-electron chi connectivity index (χ0n) is 7.33. The lowest BCUT2D eigenvalue weighted by molar-refractivity contribution is -0.0566. The number of aliphatic hydroxyl groups excluding tert-OH is 1. The molecule has 0 aromatic heterocycles. The van der Waals surface area contributed by atoms with E-state index in [0.29, 0.717) is 18.9 Å². The zero-order chi connectivity index (χ0) is 8.85. The van der Waals surface area contributed by atoms with Gasteiger partial charge in [-0.05, 0) is 24.8 Å². The molecule has 11 heavy (non-hydrogen) atoms. The summed E-state index contributed by atoms with van der Waals surface area (Å²) >= 11 is 0. The summed E-state index contributed by atoms with van der Waals surface area (Å²) in [5.41, 5.74) is 5.45. The maximum absolute atomic E-state index is 8.67. The Morgan fingerprint density at radius 2 is 1.73 bits per heavy atom. The van der Waals surface area contributed by atoms with Crippen molar-refractivity contribution >= 4 is 0 Å². The van der Waals surface area contributed by atoms with Crippen LogP contribution in [0.25, 0.3) is 0 Å². The van der Waals surface area contributed by atoms with Gasteiger partial charge < -0.3 is 15.9 Å². The minimum absolute atomic E-state index is 0.245. The lowest BCUT2D eigenvalue weighted by Crippen LogP contribution is -2.21. The number of hydrogen-bond acceptors (Lipinski definition) is 3. The average Bonchev–Trinajstić information content (AvgIpc) is 1.84. The topological polar surface area (TPSA) is 66.5 Å². The first kappa shape index (κ1) is 10.9. The van der Waals surface area contributed by atoms with E-state index in [9.17, 15) is 0 Å². The van der Waals surface area contributed by atoms with E-state index in [2.05, 4.69) is 13.8 Å². The minimum atomic E-state index is -1.21. The van der Waals surface area contributed by atoms with Gasteiger partial charge in [-0.3, -0.25) is 0 Å². The van der Waals surface area contributed by atoms with Gasteiger partial charge in [-0.25, -0.2) is 0 Å². The predicted molar refractivity (Wildman–Crippen MR) is 44.8 cm³/mol. The van der Waals surface area contributed by atoms with Crippen molar-refractivity contribution in [3.63, 3.8) is 0 Å². The first-order valence-electron chi connectivity index (χ1n) is 4.12. The van der Waals surface area contributed by atoms with Crippen molar-refractivity contribution in [1.29, 1.82) is 0 Å². The summed E-state index contributed by atoms with van der Waals surface area (Å²) in [5, 5.41) is 17.3. The van der Waals surface area contributed by atoms with Gasteiger partial charge in [-0.2, -0.15) is 0 Å². The van der Waals surface area contributed by atoms with Crippen LogP contribution >= 0.6 is 0 Å². The third-order valence-electron chi connectivity index (χ3n) is 1.68. The monoisotopic (exact) mass is 161 g/mol. The number of aliphatic hydroxyl groups is 2. The SMILES string of the molecule is CC(C)C[C@@H](CN)CC(O)O. The van der Waals surface area contributed by atoms with Gasteiger partial charge >= 0.3 is 0 Å². The van der Waals surface area contributed by atoms with Gasteiger partial charge in [0.1, 0.15) is 0 Å². The van der Waals surface area contributed by atoms with Crippen molar-refractivity contribution in [2.24, 2.45) is 17.6 Å². The molecule has 0 amide bonds. The summed E-state index contributed by atoms with van der Waals surface area (Å²) in [7, 11) is 0. The van der Waals surface area contributed by atoms with E-state index in [1.165, 1.54) is 0 Å². The summed E-state index contributed by atoms with van der Waals surface area (Å²) in [5.74, 6) is 0.817. The van der Waals surface area contributed by atoms with E-state index in [4.69, 9.17) is 15.9 Å². The Labute approximate surface area is 68.2 Å². The average molecular weight is 161 g/mol. The Kier molecular flexibility index (Phi) is 5.46. The van der Waals surface area contributed by atoms with Crippen LogP contribution in [0.4, 0.5) is 0 Å². The summed E-state index contributed by atoms with van der Waals surface area (Å²) in [6, 6.07) is 0. The van der Waals surface area contributed by atoms with Crippen LogP contribution in [-0.4, -0.2) is 23.0 Å². The van der Waals surface area contributed by atoms with E-state index in [-0.39, 0.29) is 5.92 Å². The fraction of sp³-hybridized carbons (Fsp3) is 1.00. The second-order valence-electron chi connectivity index (χ2n) is 3.45. The second kappa shape index (κ2) is 5.52. The van der Waals surface area contributed by atoms with Crippen LogP contribution in [0.2, 0.25) is 0 Å². The molecule has 0 aliphatic rings. The van der Waals surface area contributed by atoms with E-state index in [0.717, 1.165) is 6.42 Å². The summed E-state index contributed by atoms with van der Waals surface area (Å²) in [6.07, 6.45) is 0.158. The highest BCUT2D eigenvalue weighted by Gasteiger charge is 2.12. The van der Waals surface area contributed by atoms with Crippen LogP contribution in [-0.2, 0) is 0 Å². The molecule has 0 bridgehead atoms. The molecule has 0 spiro atoms. The van der Waals surface area contributed by atoms with Crippen LogP contribution in [0.3, 0.4) is 0 Å². The molecule has 3 heteroatoms. The predicted octanol–water partition coefficient (Wildman–Crippen LogP) is 0.308. The van der Waals surface area contributed by atoms with E-state index < -0.39 is 6.29 Å². The van der Waals surface area contributed by atoms with Crippen molar-refractivity contribution in [2.75, 3.05) is 6.54 Å². The molecular formula is C8H19NO2. The van der Waals surface area contributed by atoms with E-state index in [1.54, 1.807) is 0 Å². The van der Waals surface area contributed by atoms with Gasteiger partial charge in [-0.1, -0.05) is 13.8 Å². The number of hydrogen-bond donors (Lipinski definition) is 3. The molecule has 0 fully saturated rings. The molecule has 0 heterocycles. The van der Waals surface area contributed by atoms with Crippen molar-refractivity contribution in [3.05, 3.63) is 0 Å². The van der Waals surface area contributed by atoms with Gasteiger partial charge in [0.2, 0.25) is 0 Å². The smallest absolute Gasteiger partial charge is 0.151 e. The van der Waals surface area contributed by atoms with Crippen molar-refractivity contribution in [2.45, 2.75) is 33.0 Å². The molecule has 0 aromatic rings. The third kappa shape index (κ3) is 6.28. The molecule has 0 saturated carbocycles. The first-order valence-corrected chi connectivity index (χ1v) is 4.12. The van der Waals surface area contributed by atoms with Crippen LogP contribution in [0.15, 0.2) is 0 Å². The Morgan fingerprint density at radius 1 is 1.18 bits per heavy atom. The highest BCUT2D eigenvalue weighted by molar-refractivity contribution is 4.62. The number of nitrogens with two attached hydrogens (primary N) is 1. The molecule has 4 N–H and O–H groups in total. The maximum atomic E-state index is 8.67. The molecule has 0 aromatic carbocycles. The largest absolute Gasteiger partial charge is 0.368 e. The summed E-state index contributed by atoms with van der Waals surface area (Å²) in [6.45, 7) is 4.74. The van der Waals surface area contributed by atoms with Gasteiger partial charge in [0.05, 0.1) is 0 Å². The van der Waals surface area contributed by atoms with Crippen molar-refractivity contribution < 1.29 is 10.2 Å². The molecule has 1 atom stereocenters. The van der Waals surface area contributed by atoms with Gasteiger partial charge in [0.15, 0.2) is 6.29 Å². The Bertz CT molecular complexity index is 84.1. The fourth-order valence-electron chi connectivity index (χ4n) is 1.25. The molecular weight excluding hydrogens is 142 g/mol. The Balaban J connectivity index is 3.58. The molecule has 3 nitrogen and oxygen atoms in total. The Morgan fingerprint density at radius 3 is 2.00 bits per heavy atom. The maximum Gasteiger partial charge on any atom is 0.151 e. The minimum Gasteiger partial charge on any atom is -0.368 e. The number of rotatable bonds is 5. The Hall–Kier alpha value is -0.120. The van der Waals surface area contributed by atoms with E-state index >= 15 is 0 Å². The lowest BCUT2D eigenvalue weighted by atomic mass is 9.94. The quantitative estimate of drug-likeness (QED) is 0.508. The second-order valence-corrected chi connectivity index (χ2v) is 3.45. The van der Waals surface area contributed by atoms with E-state index in [1.807, 2.05) is 0 Å². The highest BCUT2D eigenvalue weighted by atomic mass is 16.5. The molecule has 0 saturated heterocycles. The van der Waals surface area contributed by atoms with Crippen LogP contribution in [0.1, 0.15) is 26.7 Å². The first-order chi connectivity index (χ1) is 5.06. The molecule has 0 unspecified atom stereocenters. The fourth-order valence-corrected chi connectivity index (χ4v) is 1.25. The lowest BCUT2D eigenvalue weighted by Gasteiger charge is -2.17. The zero-order valence-corrected chi connectivity index (χ0v) is 7.33. The van der Waals surface area contributed by atoms with Crippen molar-refractivity contribution in [3.8, 4) is 0 Å². The standard InChI is InChI=1S/C8H19NO2/c1-6(2)3-7(5-9)4-8(10)11/h6-8,10-11H,3-5,9H2,1-2H3/t7-/m1/s1. The normalized spacial score (nSPS) is 14.5. The van der Waals surface area contributed by atoms with Crippen LogP contribution in [0, 0.1) is 11.8 Å². The highest BCUT2D eigenvalue weighted by Crippen LogP contribution is 2.14. The molecule has 0 rings (SSSR count). The molecule has 0 radical (unpaired) electrons. The summed E-state index contributed by atoms with van der Waals surface area (Å²) < 4.78 is 0. The molecule has 68 valence electrons. The third-order valence-corrected chi connectivity index (χ3v) is 1.68. The molecule has 0 aliphatic carbocycles. The van der Waals surface area contributed by atoms with Crippen molar-refractivity contribution in [1.82, 2.24) is 0 Å². The van der Waals surface area contributed by atoms with Crippen LogP contribution in [0.5, 0.6) is 0 Å². The van der Waals surface area contributed by atoms with Gasteiger partial charge in [-0.15, -0.1) is 0 Å². The van der Waals surface area contributed by atoms with Gasteiger partial charge in [0.25, 0.3) is 0 Å². The summed E-state index contributed by atoms with van der Waals surface area (Å²) in [4.78, 5) is 0. The van der Waals surface area contributed by atoms with Gasteiger partial charge in [0, 0.05) is 6.42 Å². The van der Waals surface area contributed by atoms with Crippen LogP contribution < -0.4 is 5.73 Å².